The van der Waals surface area contributed by atoms with Crippen LogP contribution in [0.4, 0.5) is 0 Å². The Morgan fingerprint density at radius 3 is 1.89 bits per heavy atom. The molecule has 0 heterocycles. The zero-order chi connectivity index (χ0) is 19.1. The summed E-state index contributed by atoms with van der Waals surface area (Å²) in [4.78, 5) is 12.8. The topological polar surface area (TPSA) is 35.5 Å². The van der Waals surface area contributed by atoms with Crippen LogP contribution in [0.5, 0.6) is 11.5 Å². The van der Waals surface area contributed by atoms with Gasteiger partial charge in [-0.15, -0.1) is 11.8 Å². The summed E-state index contributed by atoms with van der Waals surface area (Å²) in [6.07, 6.45) is 0. The van der Waals surface area contributed by atoms with Crippen LogP contribution >= 0.6 is 11.8 Å². The second kappa shape index (κ2) is 9.28. The fraction of sp³-hybridized carbons (Fsp3) is 0.174. The van der Waals surface area contributed by atoms with Crippen molar-refractivity contribution >= 4 is 17.5 Å². The van der Waals surface area contributed by atoms with E-state index >= 15 is 0 Å². The van der Waals surface area contributed by atoms with E-state index in [1.54, 1.807) is 44.2 Å². The number of carbonyl (C=O) groups is 1. The molecule has 3 nitrogen and oxygen atoms in total. The molecular weight excluding hydrogens is 356 g/mol. The molecule has 0 spiro atoms. The van der Waals surface area contributed by atoms with Crippen LogP contribution in [0.25, 0.3) is 0 Å². The minimum absolute atomic E-state index is 0.0674. The molecule has 0 bridgehead atoms. The number of hydrogen-bond acceptors (Lipinski definition) is 4. The Balaban J connectivity index is 1.78. The van der Waals surface area contributed by atoms with Gasteiger partial charge in [0.05, 0.1) is 25.2 Å². The summed E-state index contributed by atoms with van der Waals surface area (Å²) in [7, 11) is 3.15. The van der Waals surface area contributed by atoms with Gasteiger partial charge in [0.2, 0.25) is 0 Å². The number of ketones is 1. The molecule has 0 saturated carbocycles. The van der Waals surface area contributed by atoms with Crippen LogP contribution in [0.15, 0.2) is 78.9 Å². The van der Waals surface area contributed by atoms with Crippen LogP contribution in [-0.2, 0) is 0 Å². The Bertz CT molecular complexity index is 839. The monoisotopic (exact) mass is 378 g/mol. The Labute approximate surface area is 164 Å². The Kier molecular flexibility index (Phi) is 6.55. The highest BCUT2D eigenvalue weighted by molar-refractivity contribution is 8.00. The molecule has 0 N–H and O–H groups in total. The lowest BCUT2D eigenvalue weighted by Gasteiger charge is -2.17. The lowest BCUT2D eigenvalue weighted by Crippen LogP contribution is -2.06. The molecule has 0 saturated heterocycles. The largest absolute Gasteiger partial charge is 0.493 e. The van der Waals surface area contributed by atoms with Crippen molar-refractivity contribution in [3.8, 4) is 11.5 Å². The van der Waals surface area contributed by atoms with Crippen LogP contribution in [-0.4, -0.2) is 25.8 Å². The minimum Gasteiger partial charge on any atom is -0.493 e. The van der Waals surface area contributed by atoms with Gasteiger partial charge in [-0.2, -0.15) is 0 Å². The average Bonchev–Trinajstić information content (AvgIpc) is 2.74. The Hall–Kier alpha value is -2.72. The van der Waals surface area contributed by atoms with E-state index in [2.05, 4.69) is 24.3 Å². The van der Waals surface area contributed by atoms with Gasteiger partial charge in [0.25, 0.3) is 0 Å². The van der Waals surface area contributed by atoms with Gasteiger partial charge < -0.3 is 9.47 Å². The summed E-state index contributed by atoms with van der Waals surface area (Å²) < 4.78 is 10.6. The van der Waals surface area contributed by atoms with Crippen molar-refractivity contribution in [1.29, 1.82) is 0 Å². The van der Waals surface area contributed by atoms with Crippen molar-refractivity contribution in [3.05, 3.63) is 95.6 Å². The first-order valence-electron chi connectivity index (χ1n) is 8.69. The van der Waals surface area contributed by atoms with E-state index in [4.69, 9.17) is 9.47 Å². The minimum atomic E-state index is 0.0674. The van der Waals surface area contributed by atoms with Crippen LogP contribution in [0.1, 0.15) is 26.7 Å². The molecule has 0 aromatic heterocycles. The van der Waals surface area contributed by atoms with E-state index in [1.807, 2.05) is 36.4 Å². The van der Waals surface area contributed by atoms with Gasteiger partial charge in [-0.1, -0.05) is 60.7 Å². The molecule has 0 radical (unpaired) electrons. The number of rotatable bonds is 8. The smallest absolute Gasteiger partial charge is 0.172 e. The molecule has 3 aromatic carbocycles. The predicted molar refractivity (Wildman–Crippen MR) is 111 cm³/mol. The molecule has 0 aliphatic carbocycles. The maximum absolute atomic E-state index is 12.8. The lowest BCUT2D eigenvalue weighted by atomic mass is 10.0. The van der Waals surface area contributed by atoms with Gasteiger partial charge >= 0.3 is 0 Å². The second-order valence-corrected chi connectivity index (χ2v) is 7.10. The fourth-order valence-electron chi connectivity index (χ4n) is 2.89. The molecule has 0 fully saturated rings. The van der Waals surface area contributed by atoms with Crippen molar-refractivity contribution in [1.82, 2.24) is 0 Å². The standard InChI is InChI=1S/C23H22O3S/c1-25-21-14-13-19(15-22(21)26-2)20(24)16-27-23(17-9-5-3-6-10-17)18-11-7-4-8-12-18/h3-15,23H,16H2,1-2H3. The highest BCUT2D eigenvalue weighted by Gasteiger charge is 2.18. The summed E-state index contributed by atoms with van der Waals surface area (Å²) in [5, 5.41) is 0.108. The van der Waals surface area contributed by atoms with E-state index in [0.29, 0.717) is 22.8 Å². The summed E-state index contributed by atoms with van der Waals surface area (Å²) >= 11 is 1.63. The van der Waals surface area contributed by atoms with Crippen LogP contribution < -0.4 is 9.47 Å². The SMILES string of the molecule is COc1ccc(C(=O)CSC(c2ccccc2)c2ccccc2)cc1OC. The van der Waals surface area contributed by atoms with Crippen molar-refractivity contribution in [2.75, 3.05) is 20.0 Å². The molecule has 3 aromatic rings. The number of ether oxygens (including phenoxy) is 2. The normalized spacial score (nSPS) is 10.6. The van der Waals surface area contributed by atoms with E-state index < -0.39 is 0 Å². The number of carbonyl (C=O) groups excluding carboxylic acids is 1. The highest BCUT2D eigenvalue weighted by Crippen LogP contribution is 2.36. The maximum Gasteiger partial charge on any atom is 0.172 e. The van der Waals surface area contributed by atoms with Gasteiger partial charge in [-0.3, -0.25) is 4.79 Å². The molecule has 27 heavy (non-hydrogen) atoms. The number of thioether (sulfide) groups is 1. The van der Waals surface area contributed by atoms with E-state index in [-0.39, 0.29) is 11.0 Å². The first-order chi connectivity index (χ1) is 13.2. The Morgan fingerprint density at radius 1 is 0.815 bits per heavy atom. The molecule has 0 unspecified atom stereocenters. The predicted octanol–water partition coefficient (Wildman–Crippen LogP) is 5.41. The molecule has 138 valence electrons. The van der Waals surface area contributed by atoms with Crippen molar-refractivity contribution in [2.24, 2.45) is 0 Å². The number of benzene rings is 3. The third kappa shape index (κ3) is 4.72. The summed E-state index contributed by atoms with van der Waals surface area (Å²) in [6.45, 7) is 0. The summed E-state index contributed by atoms with van der Waals surface area (Å²) in [5.74, 6) is 1.63. The third-order valence-corrected chi connectivity index (χ3v) is 5.60. The quantitative estimate of drug-likeness (QED) is 0.491. The number of hydrogen-bond donors (Lipinski definition) is 0. The molecule has 3 rings (SSSR count). The number of methoxy groups -OCH3 is 2. The average molecular weight is 378 g/mol. The third-order valence-electron chi connectivity index (χ3n) is 4.29. The van der Waals surface area contributed by atoms with Gasteiger partial charge in [0.15, 0.2) is 17.3 Å². The van der Waals surface area contributed by atoms with Crippen LogP contribution in [0, 0.1) is 0 Å². The molecule has 0 aliphatic rings. The fourth-order valence-corrected chi connectivity index (χ4v) is 4.08. The summed E-state index contributed by atoms with van der Waals surface area (Å²) in [6, 6.07) is 25.8. The van der Waals surface area contributed by atoms with Gasteiger partial charge in [-0.05, 0) is 29.3 Å². The van der Waals surface area contributed by atoms with Crippen molar-refractivity contribution in [2.45, 2.75) is 5.25 Å². The first-order valence-corrected chi connectivity index (χ1v) is 9.74. The maximum atomic E-state index is 12.8. The highest BCUT2D eigenvalue weighted by atomic mass is 32.2. The lowest BCUT2D eigenvalue weighted by molar-refractivity contribution is 0.102. The van der Waals surface area contributed by atoms with Crippen molar-refractivity contribution < 1.29 is 14.3 Å². The van der Waals surface area contributed by atoms with Crippen molar-refractivity contribution in [3.63, 3.8) is 0 Å². The zero-order valence-electron chi connectivity index (χ0n) is 15.4. The van der Waals surface area contributed by atoms with Gasteiger partial charge in [0.1, 0.15) is 0 Å². The number of Topliss-reactive ketones (excluding diaryl/α,β-unsaturated/α-hetero) is 1. The Morgan fingerprint density at radius 2 is 1.37 bits per heavy atom. The van der Waals surface area contributed by atoms with Gasteiger partial charge in [0, 0.05) is 5.56 Å². The molecular formula is C23H22O3S. The van der Waals surface area contributed by atoms with Gasteiger partial charge in [-0.25, -0.2) is 0 Å². The van der Waals surface area contributed by atoms with E-state index in [9.17, 15) is 4.79 Å². The summed E-state index contributed by atoms with van der Waals surface area (Å²) in [5.41, 5.74) is 3.00. The first kappa shape index (κ1) is 19.1. The zero-order valence-corrected chi connectivity index (χ0v) is 16.2. The molecule has 0 atom stereocenters. The molecule has 0 aliphatic heterocycles. The molecule has 4 heteroatoms. The van der Waals surface area contributed by atoms with Crippen LogP contribution in [0.2, 0.25) is 0 Å². The second-order valence-electron chi connectivity index (χ2n) is 6.01. The van der Waals surface area contributed by atoms with Crippen LogP contribution in [0.3, 0.4) is 0 Å². The molecule has 0 amide bonds. The van der Waals surface area contributed by atoms with E-state index in [0.717, 1.165) is 0 Å². The van der Waals surface area contributed by atoms with E-state index in [1.165, 1.54) is 11.1 Å².